The van der Waals surface area contributed by atoms with Crippen LogP contribution in [0.4, 0.5) is 0 Å². The summed E-state index contributed by atoms with van der Waals surface area (Å²) in [4.78, 5) is 8.82. The van der Waals surface area contributed by atoms with Gasteiger partial charge in [-0.25, -0.2) is 9.97 Å². The van der Waals surface area contributed by atoms with Crippen molar-refractivity contribution in [3.63, 3.8) is 0 Å². The van der Waals surface area contributed by atoms with Crippen molar-refractivity contribution in [3.05, 3.63) is 46.2 Å². The van der Waals surface area contributed by atoms with Gasteiger partial charge in [-0.2, -0.15) is 0 Å². The van der Waals surface area contributed by atoms with Crippen LogP contribution in [0, 0.1) is 6.92 Å². The van der Waals surface area contributed by atoms with Crippen molar-refractivity contribution in [2.45, 2.75) is 12.8 Å². The Morgan fingerprint density at radius 3 is 2.69 bits per heavy atom. The van der Waals surface area contributed by atoms with Gasteiger partial charge in [-0.1, -0.05) is 34.1 Å². The lowest BCUT2D eigenvalue weighted by Gasteiger charge is -2.05. The first-order valence-corrected chi connectivity index (χ1v) is 6.19. The molecule has 2 nitrogen and oxygen atoms in total. The van der Waals surface area contributed by atoms with Gasteiger partial charge in [0.15, 0.2) is 5.82 Å². The Balaban J connectivity index is 2.56. The van der Waals surface area contributed by atoms with Crippen molar-refractivity contribution in [2.24, 2.45) is 0 Å². The monoisotopic (exact) mass is 296 g/mol. The van der Waals surface area contributed by atoms with Crippen LogP contribution in [0.3, 0.4) is 0 Å². The van der Waals surface area contributed by atoms with Gasteiger partial charge in [-0.05, 0) is 19.1 Å². The van der Waals surface area contributed by atoms with Crippen molar-refractivity contribution < 1.29 is 0 Å². The molecule has 0 spiro atoms. The van der Waals surface area contributed by atoms with Crippen LogP contribution in [0.5, 0.6) is 0 Å². The van der Waals surface area contributed by atoms with Crippen LogP contribution >= 0.6 is 27.5 Å². The van der Waals surface area contributed by atoms with Crippen LogP contribution < -0.4 is 0 Å². The molecule has 0 N–H and O–H groups in total. The molecule has 1 aromatic carbocycles. The zero-order valence-electron chi connectivity index (χ0n) is 8.74. The smallest absolute Gasteiger partial charge is 0.160 e. The molecule has 0 aliphatic heterocycles. The zero-order valence-corrected chi connectivity index (χ0v) is 11.1. The minimum atomic E-state index is 0.404. The third kappa shape index (κ3) is 2.42. The van der Waals surface area contributed by atoms with Crippen LogP contribution in [-0.4, -0.2) is 9.97 Å². The number of rotatable bonds is 2. The Morgan fingerprint density at radius 1 is 1.25 bits per heavy atom. The number of halogens is 2. The van der Waals surface area contributed by atoms with E-state index in [0.29, 0.717) is 11.7 Å². The molecule has 0 aliphatic carbocycles. The van der Waals surface area contributed by atoms with Gasteiger partial charge >= 0.3 is 0 Å². The van der Waals surface area contributed by atoms with Crippen LogP contribution in [0.15, 0.2) is 34.8 Å². The van der Waals surface area contributed by atoms with Crippen molar-refractivity contribution in [1.82, 2.24) is 9.97 Å². The van der Waals surface area contributed by atoms with E-state index < -0.39 is 0 Å². The van der Waals surface area contributed by atoms with Crippen molar-refractivity contribution in [1.29, 1.82) is 0 Å². The molecule has 82 valence electrons. The molecular weight excluding hydrogens is 288 g/mol. The van der Waals surface area contributed by atoms with E-state index in [0.717, 1.165) is 21.4 Å². The molecule has 2 rings (SSSR count). The van der Waals surface area contributed by atoms with E-state index >= 15 is 0 Å². The van der Waals surface area contributed by atoms with Crippen molar-refractivity contribution in [3.8, 4) is 11.4 Å². The molecule has 2 aromatic rings. The largest absolute Gasteiger partial charge is 0.233 e. The van der Waals surface area contributed by atoms with Gasteiger partial charge in [-0.15, -0.1) is 11.6 Å². The summed E-state index contributed by atoms with van der Waals surface area (Å²) in [5.41, 5.74) is 2.76. The predicted octanol–water partition coefficient (Wildman–Crippen LogP) is 3.95. The fourth-order valence-electron chi connectivity index (χ4n) is 1.47. The minimum Gasteiger partial charge on any atom is -0.233 e. The van der Waals surface area contributed by atoms with E-state index in [4.69, 9.17) is 11.6 Å². The minimum absolute atomic E-state index is 0.404. The second kappa shape index (κ2) is 4.93. The molecule has 1 aromatic heterocycles. The van der Waals surface area contributed by atoms with Gasteiger partial charge in [0, 0.05) is 15.7 Å². The van der Waals surface area contributed by atoms with Crippen molar-refractivity contribution in [2.75, 3.05) is 0 Å². The Morgan fingerprint density at radius 2 is 2.00 bits per heavy atom. The van der Waals surface area contributed by atoms with Crippen molar-refractivity contribution >= 4 is 27.5 Å². The molecule has 0 saturated carbocycles. The normalized spacial score (nSPS) is 10.4. The lowest BCUT2D eigenvalue weighted by Crippen LogP contribution is -1.96. The third-order valence-corrected chi connectivity index (χ3v) is 3.12. The molecule has 0 amide bonds. The van der Waals surface area contributed by atoms with Gasteiger partial charge in [-0.3, -0.25) is 0 Å². The number of aryl methyl sites for hydroxylation is 1. The maximum Gasteiger partial charge on any atom is 0.160 e. The summed E-state index contributed by atoms with van der Waals surface area (Å²) in [6.07, 6.45) is 0. The summed E-state index contributed by atoms with van der Waals surface area (Å²) in [5, 5.41) is 0. The molecule has 4 heteroatoms. The maximum atomic E-state index is 5.80. The zero-order chi connectivity index (χ0) is 11.5. The lowest BCUT2D eigenvalue weighted by molar-refractivity contribution is 1.05. The summed E-state index contributed by atoms with van der Waals surface area (Å²) >= 11 is 9.29. The Bertz CT molecular complexity index is 514. The Hall–Kier alpha value is -0.930. The highest BCUT2D eigenvalue weighted by molar-refractivity contribution is 9.10. The molecule has 0 atom stereocenters. The number of hydrogen-bond acceptors (Lipinski definition) is 2. The second-order valence-electron chi connectivity index (χ2n) is 3.44. The van der Waals surface area contributed by atoms with E-state index in [9.17, 15) is 0 Å². The van der Waals surface area contributed by atoms with E-state index in [-0.39, 0.29) is 0 Å². The van der Waals surface area contributed by atoms with Gasteiger partial charge in [0.05, 0.1) is 11.6 Å². The molecule has 0 saturated heterocycles. The summed E-state index contributed by atoms with van der Waals surface area (Å²) in [6.45, 7) is 1.94. The molecule has 0 radical (unpaired) electrons. The molecule has 0 aliphatic rings. The van der Waals surface area contributed by atoms with Crippen LogP contribution in [0.1, 0.15) is 11.4 Å². The first-order valence-electron chi connectivity index (χ1n) is 4.86. The molecule has 0 bridgehead atoms. The summed E-state index contributed by atoms with van der Waals surface area (Å²) in [6, 6.07) is 9.78. The van der Waals surface area contributed by atoms with E-state index in [1.807, 2.05) is 37.3 Å². The number of hydrogen-bond donors (Lipinski definition) is 0. The van der Waals surface area contributed by atoms with Gasteiger partial charge in [0.25, 0.3) is 0 Å². The number of alkyl halides is 1. The highest BCUT2D eigenvalue weighted by Crippen LogP contribution is 2.25. The average Bonchev–Trinajstić information content (AvgIpc) is 2.28. The number of nitrogens with zero attached hydrogens (tertiary/aromatic N) is 2. The highest BCUT2D eigenvalue weighted by Gasteiger charge is 2.07. The molecule has 0 unspecified atom stereocenters. The van der Waals surface area contributed by atoms with E-state index in [1.165, 1.54) is 0 Å². The summed E-state index contributed by atoms with van der Waals surface area (Å²) in [5.74, 6) is 1.11. The standard InChI is InChI=1S/C12H10BrClN2/c1-8-6-9(7-14)16-12(15-8)10-4-2-3-5-11(10)13/h2-6H,7H2,1H3. The molecule has 1 heterocycles. The molecule has 16 heavy (non-hydrogen) atoms. The number of benzene rings is 1. The first-order chi connectivity index (χ1) is 7.70. The topological polar surface area (TPSA) is 25.8 Å². The predicted molar refractivity (Wildman–Crippen MR) is 69.5 cm³/mol. The first kappa shape index (κ1) is 11.6. The summed E-state index contributed by atoms with van der Waals surface area (Å²) < 4.78 is 0.987. The van der Waals surface area contributed by atoms with E-state index in [1.54, 1.807) is 0 Å². The fraction of sp³-hybridized carbons (Fsp3) is 0.167. The van der Waals surface area contributed by atoms with Gasteiger partial charge < -0.3 is 0 Å². The fourth-order valence-corrected chi connectivity index (χ4v) is 2.06. The SMILES string of the molecule is Cc1cc(CCl)nc(-c2ccccc2Br)n1. The third-order valence-electron chi connectivity index (χ3n) is 2.16. The van der Waals surface area contributed by atoms with Gasteiger partial charge in [0.2, 0.25) is 0 Å². The Labute approximate surface area is 108 Å². The van der Waals surface area contributed by atoms with Crippen LogP contribution in [-0.2, 0) is 5.88 Å². The van der Waals surface area contributed by atoms with E-state index in [2.05, 4.69) is 25.9 Å². The lowest BCUT2D eigenvalue weighted by atomic mass is 10.2. The average molecular weight is 298 g/mol. The molecule has 0 fully saturated rings. The molecular formula is C12H10BrClN2. The summed E-state index contributed by atoms with van der Waals surface area (Å²) in [7, 11) is 0. The van der Waals surface area contributed by atoms with Gasteiger partial charge in [0.1, 0.15) is 0 Å². The highest BCUT2D eigenvalue weighted by atomic mass is 79.9. The Kier molecular flexibility index (Phi) is 3.56. The second-order valence-corrected chi connectivity index (χ2v) is 4.56. The van der Waals surface area contributed by atoms with Crippen LogP contribution in [0.2, 0.25) is 0 Å². The number of aromatic nitrogens is 2. The van der Waals surface area contributed by atoms with Crippen LogP contribution in [0.25, 0.3) is 11.4 Å². The maximum absolute atomic E-state index is 5.80. The quantitative estimate of drug-likeness (QED) is 0.784.